The first-order chi connectivity index (χ1) is 9.07. The van der Waals surface area contributed by atoms with Gasteiger partial charge in [-0.1, -0.05) is 29.3 Å². The van der Waals surface area contributed by atoms with Gasteiger partial charge in [0, 0.05) is 15.7 Å². The first-order valence-corrected chi connectivity index (χ1v) is 7.18. The summed E-state index contributed by atoms with van der Waals surface area (Å²) in [4.78, 5) is 0. The zero-order chi connectivity index (χ0) is 13.5. The van der Waals surface area contributed by atoms with Gasteiger partial charge in [-0.05, 0) is 46.9 Å². The number of rotatable bonds is 3. The maximum Gasteiger partial charge on any atom is 0.183 e. The minimum atomic E-state index is 0.330. The van der Waals surface area contributed by atoms with E-state index in [9.17, 15) is 0 Å². The summed E-state index contributed by atoms with van der Waals surface area (Å²) in [6, 6.07) is 5.68. The second-order valence-electron chi connectivity index (χ2n) is 5.56. The summed E-state index contributed by atoms with van der Waals surface area (Å²) >= 11 is 3.53. The molecule has 1 heterocycles. The van der Waals surface area contributed by atoms with Gasteiger partial charge < -0.3 is 5.73 Å². The summed E-state index contributed by atoms with van der Waals surface area (Å²) in [5.41, 5.74) is 7.83. The van der Waals surface area contributed by atoms with Crippen LogP contribution in [0.25, 0.3) is 11.4 Å². The van der Waals surface area contributed by atoms with Gasteiger partial charge in [0.05, 0.1) is 6.54 Å². The molecule has 1 aromatic carbocycles. The van der Waals surface area contributed by atoms with Crippen molar-refractivity contribution in [2.75, 3.05) is 5.73 Å². The fraction of sp³-hybridized carbons (Fsp3) is 0.462. The normalized spacial score (nSPS) is 17.2. The number of nitrogen functional groups attached to an aromatic ring is 1. The van der Waals surface area contributed by atoms with E-state index >= 15 is 0 Å². The van der Waals surface area contributed by atoms with Gasteiger partial charge in [0.1, 0.15) is 0 Å². The van der Waals surface area contributed by atoms with Crippen molar-refractivity contribution in [2.45, 2.75) is 32.7 Å². The highest BCUT2D eigenvalue weighted by molar-refractivity contribution is 9.10. The van der Waals surface area contributed by atoms with Crippen molar-refractivity contribution in [2.24, 2.45) is 5.41 Å². The first kappa shape index (κ1) is 12.6. The van der Waals surface area contributed by atoms with Crippen LogP contribution < -0.4 is 5.73 Å². The molecule has 1 aromatic heterocycles. The van der Waals surface area contributed by atoms with Crippen molar-refractivity contribution in [1.82, 2.24) is 20.2 Å². The topological polar surface area (TPSA) is 69.6 Å². The summed E-state index contributed by atoms with van der Waals surface area (Å²) in [6.07, 6.45) is 3.78. The number of nitrogens with two attached hydrogens (primary N) is 1. The predicted molar refractivity (Wildman–Crippen MR) is 77.3 cm³/mol. The van der Waals surface area contributed by atoms with Crippen LogP contribution in [0.2, 0.25) is 0 Å². The van der Waals surface area contributed by atoms with Crippen LogP contribution in [0.4, 0.5) is 5.69 Å². The molecule has 2 N–H and O–H groups in total. The Bertz CT molecular complexity index is 603. The van der Waals surface area contributed by atoms with Crippen LogP contribution in [-0.4, -0.2) is 20.2 Å². The standard InChI is InChI=1S/C13H16BrN5/c1-13(5-2-6-13)8-19-12(16-17-18-19)10-7-9(15)3-4-11(10)14/h3-4,7H,2,5-6,8,15H2,1H3. The quantitative estimate of drug-likeness (QED) is 0.882. The molecule has 3 rings (SSSR count). The summed E-state index contributed by atoms with van der Waals surface area (Å²) in [7, 11) is 0. The van der Waals surface area contributed by atoms with E-state index in [0.717, 1.165) is 22.4 Å². The number of anilines is 1. The molecule has 6 heteroatoms. The minimum Gasteiger partial charge on any atom is -0.399 e. The highest BCUT2D eigenvalue weighted by atomic mass is 79.9. The van der Waals surface area contributed by atoms with Crippen molar-refractivity contribution in [3.8, 4) is 11.4 Å². The van der Waals surface area contributed by atoms with Crippen molar-refractivity contribution in [3.05, 3.63) is 22.7 Å². The molecule has 1 saturated carbocycles. The molecule has 0 bridgehead atoms. The van der Waals surface area contributed by atoms with E-state index in [1.165, 1.54) is 19.3 Å². The Morgan fingerprint density at radius 3 is 2.89 bits per heavy atom. The molecule has 100 valence electrons. The van der Waals surface area contributed by atoms with Crippen LogP contribution in [0.1, 0.15) is 26.2 Å². The summed E-state index contributed by atoms with van der Waals surface area (Å²) in [5, 5.41) is 12.1. The van der Waals surface area contributed by atoms with E-state index in [2.05, 4.69) is 38.4 Å². The molecule has 0 saturated heterocycles. The molecule has 5 nitrogen and oxygen atoms in total. The largest absolute Gasteiger partial charge is 0.399 e. The van der Waals surface area contributed by atoms with Crippen molar-refractivity contribution in [1.29, 1.82) is 0 Å². The maximum absolute atomic E-state index is 5.85. The predicted octanol–water partition coefficient (Wildman–Crippen LogP) is 2.88. The van der Waals surface area contributed by atoms with Crippen LogP contribution in [0.3, 0.4) is 0 Å². The van der Waals surface area contributed by atoms with E-state index in [-0.39, 0.29) is 0 Å². The van der Waals surface area contributed by atoms with E-state index in [1.54, 1.807) is 0 Å². The molecule has 1 fully saturated rings. The highest BCUT2D eigenvalue weighted by Gasteiger charge is 2.33. The fourth-order valence-corrected chi connectivity index (χ4v) is 2.94. The Kier molecular flexibility index (Phi) is 3.05. The van der Waals surface area contributed by atoms with E-state index in [1.807, 2.05) is 22.9 Å². The van der Waals surface area contributed by atoms with E-state index in [0.29, 0.717) is 11.1 Å². The summed E-state index contributed by atoms with van der Waals surface area (Å²) in [5.74, 6) is 0.771. The molecule has 1 aliphatic rings. The monoisotopic (exact) mass is 321 g/mol. The maximum atomic E-state index is 5.85. The lowest BCUT2D eigenvalue weighted by Gasteiger charge is -2.38. The SMILES string of the molecule is CC1(Cn2nnnc2-c2cc(N)ccc2Br)CCC1. The second-order valence-corrected chi connectivity index (χ2v) is 6.42. The van der Waals surface area contributed by atoms with Gasteiger partial charge in [0.15, 0.2) is 5.82 Å². The molecule has 19 heavy (non-hydrogen) atoms. The van der Waals surface area contributed by atoms with E-state index in [4.69, 9.17) is 5.73 Å². The number of hydrogen-bond acceptors (Lipinski definition) is 4. The molecule has 0 amide bonds. The third kappa shape index (κ3) is 2.36. The second kappa shape index (κ2) is 4.59. The molecule has 0 radical (unpaired) electrons. The number of tetrazole rings is 1. The van der Waals surface area contributed by atoms with E-state index < -0.39 is 0 Å². The average Bonchev–Trinajstić information content (AvgIpc) is 2.78. The van der Waals surface area contributed by atoms with Gasteiger partial charge in [-0.25, -0.2) is 4.68 Å². The average molecular weight is 322 g/mol. The van der Waals surface area contributed by atoms with Crippen molar-refractivity contribution >= 4 is 21.6 Å². The third-order valence-corrected chi connectivity index (χ3v) is 4.55. The third-order valence-electron chi connectivity index (χ3n) is 3.86. The van der Waals surface area contributed by atoms with Gasteiger partial charge in [-0.3, -0.25) is 0 Å². The Balaban J connectivity index is 1.97. The van der Waals surface area contributed by atoms with Crippen molar-refractivity contribution in [3.63, 3.8) is 0 Å². The number of halogens is 1. The molecule has 1 aliphatic carbocycles. The Morgan fingerprint density at radius 1 is 1.42 bits per heavy atom. The fourth-order valence-electron chi connectivity index (χ4n) is 2.52. The summed E-state index contributed by atoms with van der Waals surface area (Å²) in [6.45, 7) is 3.15. The molecule has 0 spiro atoms. The lowest BCUT2D eigenvalue weighted by atomic mass is 9.70. The number of hydrogen-bond donors (Lipinski definition) is 1. The van der Waals surface area contributed by atoms with Crippen LogP contribution in [0, 0.1) is 5.41 Å². The Morgan fingerprint density at radius 2 is 2.21 bits per heavy atom. The molecular weight excluding hydrogens is 306 g/mol. The zero-order valence-electron chi connectivity index (χ0n) is 10.8. The highest BCUT2D eigenvalue weighted by Crippen LogP contribution is 2.42. The Hall–Kier alpha value is -1.43. The van der Waals surface area contributed by atoms with Gasteiger partial charge >= 0.3 is 0 Å². The molecule has 0 atom stereocenters. The molecule has 2 aromatic rings. The van der Waals surface area contributed by atoms with Gasteiger partial charge in [-0.2, -0.15) is 0 Å². The smallest absolute Gasteiger partial charge is 0.183 e. The molecular formula is C13H16BrN5. The van der Waals surface area contributed by atoms with Gasteiger partial charge in [-0.15, -0.1) is 5.10 Å². The van der Waals surface area contributed by atoms with Gasteiger partial charge in [0.25, 0.3) is 0 Å². The number of aromatic nitrogens is 4. The number of nitrogens with zero attached hydrogens (tertiary/aromatic N) is 4. The molecule has 0 aliphatic heterocycles. The summed E-state index contributed by atoms with van der Waals surface area (Å²) < 4.78 is 2.84. The Labute approximate surface area is 120 Å². The van der Waals surface area contributed by atoms with Crippen LogP contribution in [0.15, 0.2) is 22.7 Å². The van der Waals surface area contributed by atoms with Crippen LogP contribution in [-0.2, 0) is 6.54 Å². The first-order valence-electron chi connectivity index (χ1n) is 6.39. The number of benzene rings is 1. The van der Waals surface area contributed by atoms with Crippen molar-refractivity contribution < 1.29 is 0 Å². The minimum absolute atomic E-state index is 0.330. The lowest BCUT2D eigenvalue weighted by molar-refractivity contribution is 0.126. The zero-order valence-corrected chi connectivity index (χ0v) is 12.4. The van der Waals surface area contributed by atoms with Crippen LogP contribution in [0.5, 0.6) is 0 Å². The molecule has 0 unspecified atom stereocenters. The van der Waals surface area contributed by atoms with Gasteiger partial charge in [0.2, 0.25) is 0 Å². The lowest BCUT2D eigenvalue weighted by Crippen LogP contribution is -2.31. The van der Waals surface area contributed by atoms with Crippen LogP contribution >= 0.6 is 15.9 Å².